The molecule has 1 aromatic carbocycles. The van der Waals surface area contributed by atoms with Crippen molar-refractivity contribution in [3.63, 3.8) is 0 Å². The smallest absolute Gasteiger partial charge is 0.276 e. The van der Waals surface area contributed by atoms with Crippen molar-refractivity contribution >= 4 is 48.3 Å². The molecule has 0 spiro atoms. The number of nitrogens with zero attached hydrogens (tertiary/aromatic N) is 4. The van der Waals surface area contributed by atoms with E-state index in [2.05, 4.69) is 10.1 Å². The van der Waals surface area contributed by atoms with Crippen LogP contribution in [0.4, 0.5) is 11.5 Å². The van der Waals surface area contributed by atoms with E-state index in [1.165, 1.54) is 0 Å². The van der Waals surface area contributed by atoms with Crippen LogP contribution in [-0.4, -0.2) is 33.0 Å². The molecule has 4 rings (SSSR count). The third kappa shape index (κ3) is 3.93. The first kappa shape index (κ1) is 21.9. The van der Waals surface area contributed by atoms with Crippen LogP contribution >= 0.6 is 25.1 Å². The van der Waals surface area contributed by atoms with Gasteiger partial charge in [-0.15, -0.1) is 0 Å². The van der Waals surface area contributed by atoms with E-state index >= 15 is 0 Å². The molecule has 2 N–H and O–H groups in total. The standard InChI is InChI=1S/C21H20ClN5O2.H2S/c1-12-7-17(20(23)24-9-12)18(28)8-14-10-25-27-13(2)11-26(21(29)19(14)27)16-5-3-15(22)4-6-16;/h3-7,9-10,13H,8,11H2,1-2H3,(H2,23,24);1H2/t13-;/m0./s1. The summed E-state index contributed by atoms with van der Waals surface area (Å²) in [6, 6.07) is 8.79. The summed E-state index contributed by atoms with van der Waals surface area (Å²) < 4.78 is 1.69. The quantitative estimate of drug-likeness (QED) is 0.622. The number of ketones is 1. The van der Waals surface area contributed by atoms with Gasteiger partial charge < -0.3 is 10.6 Å². The molecule has 0 saturated carbocycles. The van der Waals surface area contributed by atoms with Gasteiger partial charge in [-0.05, 0) is 49.7 Å². The number of amides is 1. The SMILES string of the molecule is Cc1cnc(N)c(C(=O)Cc2cnn3c2C(=O)N(c2ccc(Cl)cc2)C[C@@H]3C)c1.S. The van der Waals surface area contributed by atoms with Crippen LogP contribution < -0.4 is 10.6 Å². The van der Waals surface area contributed by atoms with Crippen molar-refractivity contribution in [1.29, 1.82) is 0 Å². The lowest BCUT2D eigenvalue weighted by Gasteiger charge is -2.32. The van der Waals surface area contributed by atoms with E-state index in [9.17, 15) is 9.59 Å². The second kappa shape index (κ2) is 8.49. The van der Waals surface area contributed by atoms with Crippen molar-refractivity contribution in [3.8, 4) is 0 Å². The van der Waals surface area contributed by atoms with Crippen LogP contribution in [-0.2, 0) is 6.42 Å². The predicted molar refractivity (Wildman–Crippen MR) is 122 cm³/mol. The molecule has 2 aromatic heterocycles. The van der Waals surface area contributed by atoms with Gasteiger partial charge in [-0.1, -0.05) is 11.6 Å². The number of aromatic nitrogens is 3. The molecule has 0 unspecified atom stereocenters. The number of nitrogens with two attached hydrogens (primary N) is 1. The second-order valence-corrected chi connectivity index (χ2v) is 7.69. The van der Waals surface area contributed by atoms with E-state index in [0.717, 1.165) is 11.3 Å². The molecule has 0 fully saturated rings. The van der Waals surface area contributed by atoms with Crippen molar-refractivity contribution in [2.75, 3.05) is 17.2 Å². The Morgan fingerprint density at radius 2 is 1.97 bits per heavy atom. The molecule has 7 nitrogen and oxygen atoms in total. The maximum atomic E-state index is 13.3. The molecule has 1 amide bonds. The summed E-state index contributed by atoms with van der Waals surface area (Å²) in [7, 11) is 0. The highest BCUT2D eigenvalue weighted by Crippen LogP contribution is 2.29. The van der Waals surface area contributed by atoms with Crippen LogP contribution in [0, 0.1) is 6.92 Å². The fraction of sp³-hybridized carbons (Fsp3) is 0.238. The molecule has 156 valence electrons. The van der Waals surface area contributed by atoms with Crippen molar-refractivity contribution in [2.45, 2.75) is 26.3 Å². The zero-order valence-electron chi connectivity index (χ0n) is 16.6. The normalized spacial score (nSPS) is 15.5. The van der Waals surface area contributed by atoms with Gasteiger partial charge in [-0.3, -0.25) is 14.3 Å². The summed E-state index contributed by atoms with van der Waals surface area (Å²) in [5, 5.41) is 4.97. The molecule has 1 aliphatic rings. The first-order chi connectivity index (χ1) is 13.8. The lowest BCUT2D eigenvalue weighted by Crippen LogP contribution is -2.43. The molecule has 9 heteroatoms. The van der Waals surface area contributed by atoms with Crippen molar-refractivity contribution in [3.05, 3.63) is 70.1 Å². The summed E-state index contributed by atoms with van der Waals surface area (Å²) in [4.78, 5) is 31.8. The van der Waals surface area contributed by atoms with Gasteiger partial charge in [0.15, 0.2) is 5.78 Å². The number of carbonyl (C=O) groups excluding carboxylic acids is 2. The minimum Gasteiger partial charge on any atom is -0.383 e. The Morgan fingerprint density at radius 1 is 1.27 bits per heavy atom. The maximum Gasteiger partial charge on any atom is 0.276 e. The molecule has 3 heterocycles. The number of carbonyl (C=O) groups is 2. The van der Waals surface area contributed by atoms with E-state index in [0.29, 0.717) is 28.4 Å². The molecule has 0 bridgehead atoms. The first-order valence-corrected chi connectivity index (χ1v) is 9.62. The highest BCUT2D eigenvalue weighted by Gasteiger charge is 2.34. The van der Waals surface area contributed by atoms with Gasteiger partial charge in [-0.25, -0.2) is 4.98 Å². The Labute approximate surface area is 186 Å². The van der Waals surface area contributed by atoms with Gasteiger partial charge in [0, 0.05) is 35.4 Å². The molecule has 1 atom stereocenters. The van der Waals surface area contributed by atoms with E-state index < -0.39 is 0 Å². The molecule has 0 aliphatic carbocycles. The number of hydrogen-bond acceptors (Lipinski definition) is 5. The monoisotopic (exact) mass is 443 g/mol. The Kier molecular flexibility index (Phi) is 6.19. The molecule has 3 aromatic rings. The number of rotatable bonds is 4. The molecule has 1 aliphatic heterocycles. The zero-order valence-corrected chi connectivity index (χ0v) is 18.3. The maximum absolute atomic E-state index is 13.3. The van der Waals surface area contributed by atoms with Gasteiger partial charge in [-0.2, -0.15) is 18.6 Å². The Morgan fingerprint density at radius 3 is 2.67 bits per heavy atom. The number of aryl methyl sites for hydroxylation is 1. The van der Waals surface area contributed by atoms with Crippen molar-refractivity contribution in [1.82, 2.24) is 14.8 Å². The van der Waals surface area contributed by atoms with Gasteiger partial charge in [0.25, 0.3) is 5.91 Å². The fourth-order valence-electron chi connectivity index (χ4n) is 3.56. The minimum absolute atomic E-state index is 0. The van der Waals surface area contributed by atoms with Gasteiger partial charge in [0.2, 0.25) is 0 Å². The van der Waals surface area contributed by atoms with Crippen LogP contribution in [0.1, 0.15) is 44.9 Å². The van der Waals surface area contributed by atoms with E-state index in [-0.39, 0.29) is 43.5 Å². The Bertz CT molecular complexity index is 1110. The van der Waals surface area contributed by atoms with Crippen LogP contribution in [0.2, 0.25) is 5.02 Å². The summed E-state index contributed by atoms with van der Waals surface area (Å²) >= 11 is 5.97. The summed E-state index contributed by atoms with van der Waals surface area (Å²) in [5.41, 5.74) is 8.83. The molecular weight excluding hydrogens is 422 g/mol. The lowest BCUT2D eigenvalue weighted by molar-refractivity contribution is 0.0951. The molecular formula is C21H22ClN5O2S. The van der Waals surface area contributed by atoms with Crippen LogP contribution in [0.25, 0.3) is 0 Å². The largest absolute Gasteiger partial charge is 0.383 e. The Balaban J connectivity index is 0.00000256. The number of pyridine rings is 1. The number of hydrogen-bond donors (Lipinski definition) is 1. The number of halogens is 1. The predicted octanol–water partition coefficient (Wildman–Crippen LogP) is 3.58. The topological polar surface area (TPSA) is 94.1 Å². The summed E-state index contributed by atoms with van der Waals surface area (Å²) in [6.45, 7) is 4.32. The molecule has 0 radical (unpaired) electrons. The van der Waals surface area contributed by atoms with Gasteiger partial charge in [0.1, 0.15) is 11.5 Å². The number of Topliss-reactive ketones (excluding diaryl/α,β-unsaturated/α-hetero) is 1. The third-order valence-corrected chi connectivity index (χ3v) is 5.28. The number of benzene rings is 1. The summed E-state index contributed by atoms with van der Waals surface area (Å²) in [5.74, 6) is -0.205. The molecule has 30 heavy (non-hydrogen) atoms. The van der Waals surface area contributed by atoms with Crippen LogP contribution in [0.5, 0.6) is 0 Å². The minimum atomic E-state index is -0.196. The summed E-state index contributed by atoms with van der Waals surface area (Å²) in [6.07, 6.45) is 3.23. The zero-order chi connectivity index (χ0) is 20.7. The average Bonchev–Trinajstić information content (AvgIpc) is 3.12. The average molecular weight is 444 g/mol. The highest BCUT2D eigenvalue weighted by molar-refractivity contribution is 7.59. The first-order valence-electron chi connectivity index (χ1n) is 9.24. The van der Waals surface area contributed by atoms with Crippen molar-refractivity contribution in [2.24, 2.45) is 0 Å². The second-order valence-electron chi connectivity index (χ2n) is 7.25. The molecule has 0 saturated heterocycles. The van der Waals surface area contributed by atoms with E-state index in [1.807, 2.05) is 26.0 Å². The van der Waals surface area contributed by atoms with Crippen LogP contribution in [0.3, 0.4) is 0 Å². The van der Waals surface area contributed by atoms with Crippen molar-refractivity contribution < 1.29 is 9.59 Å². The Hall–Kier alpha value is -2.84. The number of anilines is 2. The fourth-order valence-corrected chi connectivity index (χ4v) is 3.69. The number of nitrogen functional groups attached to an aromatic ring is 1. The highest BCUT2D eigenvalue weighted by atomic mass is 35.5. The van der Waals surface area contributed by atoms with Gasteiger partial charge in [0.05, 0.1) is 17.8 Å². The number of fused-ring (bicyclic) bond motifs is 1. The van der Waals surface area contributed by atoms with Crippen LogP contribution in [0.15, 0.2) is 42.7 Å². The lowest BCUT2D eigenvalue weighted by atomic mass is 10.0. The van der Waals surface area contributed by atoms with Gasteiger partial charge >= 0.3 is 0 Å². The third-order valence-electron chi connectivity index (χ3n) is 5.03. The van der Waals surface area contributed by atoms with E-state index in [1.54, 1.807) is 40.2 Å². The van der Waals surface area contributed by atoms with E-state index in [4.69, 9.17) is 17.3 Å².